The van der Waals surface area contributed by atoms with Gasteiger partial charge in [-0.2, -0.15) is 0 Å². The fraction of sp³-hybridized carbons (Fsp3) is 0. The molecule has 0 heterocycles. The first-order valence-corrected chi connectivity index (χ1v) is 6.12. The van der Waals surface area contributed by atoms with Crippen LogP contribution < -0.4 is 15.8 Å². The number of carbonyl (C=O) groups is 1. The van der Waals surface area contributed by atoms with E-state index in [1.54, 1.807) is 48.6 Å². The van der Waals surface area contributed by atoms with Crippen molar-refractivity contribution < 1.29 is 9.53 Å². The minimum Gasteiger partial charge on any atom is -0.423 e. The molecule has 4 N–H and O–H groups in total. The van der Waals surface area contributed by atoms with E-state index in [2.05, 4.69) is 18.5 Å². The Kier molecular flexibility index (Phi) is 6.21. The van der Waals surface area contributed by atoms with Gasteiger partial charge in [0.25, 0.3) is 0 Å². The average molecular weight is 283 g/mol. The van der Waals surface area contributed by atoms with Gasteiger partial charge >= 0.3 is 5.97 Å². The second-order valence-corrected chi connectivity index (χ2v) is 3.91. The highest BCUT2D eigenvalue weighted by Crippen LogP contribution is 2.17. The fourth-order valence-electron chi connectivity index (χ4n) is 1.42. The maximum absolute atomic E-state index is 12.0. The third-order valence-electron chi connectivity index (χ3n) is 2.29. The highest BCUT2D eigenvalue weighted by Gasteiger charge is 2.08. The third kappa shape index (κ3) is 5.61. The van der Waals surface area contributed by atoms with Crippen molar-refractivity contribution in [2.24, 2.45) is 5.73 Å². The molecule has 0 fully saturated rings. The summed E-state index contributed by atoms with van der Waals surface area (Å²) >= 11 is 0. The van der Waals surface area contributed by atoms with Crippen LogP contribution in [-0.2, 0) is 4.79 Å². The Labute approximate surface area is 123 Å². The van der Waals surface area contributed by atoms with E-state index in [9.17, 15) is 4.79 Å². The smallest absolute Gasteiger partial charge is 0.343 e. The molecule has 21 heavy (non-hydrogen) atoms. The first-order chi connectivity index (χ1) is 10.1. The van der Waals surface area contributed by atoms with Gasteiger partial charge in [-0.05, 0) is 36.4 Å². The molecule has 5 nitrogen and oxygen atoms in total. The maximum atomic E-state index is 12.0. The molecule has 0 saturated heterocycles. The van der Waals surface area contributed by atoms with E-state index in [4.69, 9.17) is 15.9 Å². The first kappa shape index (κ1) is 16.0. The van der Waals surface area contributed by atoms with Gasteiger partial charge in [0.1, 0.15) is 5.75 Å². The van der Waals surface area contributed by atoms with Crippen LogP contribution in [0.25, 0.3) is 0 Å². The molecule has 0 aromatic heterocycles. The van der Waals surface area contributed by atoms with Gasteiger partial charge in [-0.25, -0.2) is 4.79 Å². The monoisotopic (exact) mass is 283 g/mol. The molecule has 0 spiro atoms. The molecule has 1 rings (SSSR count). The van der Waals surface area contributed by atoms with E-state index in [-0.39, 0.29) is 5.96 Å². The Hall–Kier alpha value is -3.08. The molecule has 1 aromatic carbocycles. The molecule has 0 aliphatic carbocycles. The highest BCUT2D eigenvalue weighted by molar-refractivity contribution is 5.93. The number of guanidine groups is 1. The Bertz CT molecular complexity index is 598. The summed E-state index contributed by atoms with van der Waals surface area (Å²) in [5.74, 6) is -0.276. The van der Waals surface area contributed by atoms with Crippen molar-refractivity contribution >= 4 is 17.6 Å². The number of carbonyl (C=O) groups excluding carboxylic acids is 1. The minimum absolute atomic E-state index is 0.162. The lowest BCUT2D eigenvalue weighted by Gasteiger charge is -2.07. The van der Waals surface area contributed by atoms with Crippen LogP contribution in [0.2, 0.25) is 0 Å². The van der Waals surface area contributed by atoms with Gasteiger partial charge in [0.15, 0.2) is 5.96 Å². The van der Waals surface area contributed by atoms with Crippen LogP contribution in [-0.4, -0.2) is 11.9 Å². The van der Waals surface area contributed by atoms with Gasteiger partial charge in [-0.15, -0.1) is 0 Å². The topological polar surface area (TPSA) is 88.2 Å². The van der Waals surface area contributed by atoms with Crippen LogP contribution in [0.5, 0.6) is 5.75 Å². The number of benzene rings is 1. The van der Waals surface area contributed by atoms with Gasteiger partial charge in [-0.1, -0.05) is 31.4 Å². The molecule has 0 saturated carbocycles. The Morgan fingerprint density at radius 3 is 2.43 bits per heavy atom. The fourth-order valence-corrected chi connectivity index (χ4v) is 1.42. The number of allylic oxidation sites excluding steroid dienone is 4. The van der Waals surface area contributed by atoms with Crippen molar-refractivity contribution in [3.63, 3.8) is 0 Å². The Morgan fingerprint density at radius 1 is 1.24 bits per heavy atom. The predicted molar refractivity (Wildman–Crippen MR) is 85.2 cm³/mol. The molecule has 108 valence electrons. The van der Waals surface area contributed by atoms with Crippen LogP contribution in [0.4, 0.5) is 5.69 Å². The van der Waals surface area contributed by atoms with Crippen molar-refractivity contribution in [1.82, 2.24) is 0 Å². The quantitative estimate of drug-likeness (QED) is 0.187. The molecule has 0 radical (unpaired) electrons. The van der Waals surface area contributed by atoms with Crippen LogP contribution in [0.3, 0.4) is 0 Å². The largest absolute Gasteiger partial charge is 0.423 e. The van der Waals surface area contributed by atoms with Gasteiger partial charge in [0.05, 0.1) is 5.57 Å². The van der Waals surface area contributed by atoms with Crippen molar-refractivity contribution in [3.8, 4) is 5.75 Å². The minimum atomic E-state index is -0.500. The number of nitrogens with one attached hydrogen (secondary N) is 2. The Morgan fingerprint density at radius 2 is 1.90 bits per heavy atom. The normalized spacial score (nSPS) is 11.0. The zero-order chi connectivity index (χ0) is 15.7. The molecule has 5 heteroatoms. The van der Waals surface area contributed by atoms with Gasteiger partial charge < -0.3 is 15.8 Å². The Balaban J connectivity index is 2.79. The third-order valence-corrected chi connectivity index (χ3v) is 2.29. The number of hydrogen-bond donors (Lipinski definition) is 3. The molecule has 0 atom stereocenters. The molecule has 0 amide bonds. The molecule has 0 unspecified atom stereocenters. The molecule has 0 aliphatic heterocycles. The lowest BCUT2D eigenvalue weighted by molar-refractivity contribution is -0.129. The number of nitrogens with two attached hydrogens (primary N) is 1. The number of anilines is 1. The summed E-state index contributed by atoms with van der Waals surface area (Å²) in [6.45, 7) is 7.10. The van der Waals surface area contributed by atoms with Crippen molar-refractivity contribution in [1.29, 1.82) is 5.41 Å². The molecule has 0 bridgehead atoms. The number of esters is 1. The molecule has 0 aliphatic rings. The van der Waals surface area contributed by atoms with Gasteiger partial charge in [-0.3, -0.25) is 5.41 Å². The molecular formula is C16H17N3O2. The van der Waals surface area contributed by atoms with Crippen LogP contribution in [0.15, 0.2) is 73.4 Å². The zero-order valence-corrected chi connectivity index (χ0v) is 11.5. The second-order valence-electron chi connectivity index (χ2n) is 3.91. The van der Waals surface area contributed by atoms with E-state index in [1.165, 1.54) is 6.08 Å². The van der Waals surface area contributed by atoms with Crippen LogP contribution in [0, 0.1) is 5.41 Å². The number of rotatable bonds is 6. The van der Waals surface area contributed by atoms with Gasteiger partial charge in [0, 0.05) is 5.69 Å². The predicted octanol–water partition coefficient (Wildman–Crippen LogP) is 2.75. The van der Waals surface area contributed by atoms with Crippen LogP contribution in [0.1, 0.15) is 0 Å². The van der Waals surface area contributed by atoms with Crippen molar-refractivity contribution in [3.05, 3.63) is 73.4 Å². The second kappa shape index (κ2) is 8.16. The number of hydrogen-bond acceptors (Lipinski definition) is 3. The summed E-state index contributed by atoms with van der Waals surface area (Å²) in [6, 6.07) is 6.51. The van der Waals surface area contributed by atoms with E-state index in [0.717, 1.165) is 0 Å². The average Bonchev–Trinajstić information content (AvgIpc) is 2.45. The maximum Gasteiger partial charge on any atom is 0.343 e. The van der Waals surface area contributed by atoms with Gasteiger partial charge in [0.2, 0.25) is 0 Å². The lowest BCUT2D eigenvalue weighted by Crippen LogP contribution is -2.20. The first-order valence-electron chi connectivity index (χ1n) is 6.12. The van der Waals surface area contributed by atoms with E-state index < -0.39 is 5.97 Å². The zero-order valence-electron chi connectivity index (χ0n) is 11.5. The van der Waals surface area contributed by atoms with Crippen molar-refractivity contribution in [2.45, 2.75) is 0 Å². The summed E-state index contributed by atoms with van der Waals surface area (Å²) in [6.07, 6.45) is 7.84. The summed E-state index contributed by atoms with van der Waals surface area (Å²) in [5.41, 5.74) is 6.21. The van der Waals surface area contributed by atoms with E-state index in [1.807, 2.05) is 0 Å². The lowest BCUT2D eigenvalue weighted by atomic mass is 10.2. The highest BCUT2D eigenvalue weighted by atomic mass is 16.5. The number of ether oxygens (including phenoxy) is 1. The summed E-state index contributed by atoms with van der Waals surface area (Å²) < 4.78 is 5.23. The summed E-state index contributed by atoms with van der Waals surface area (Å²) in [4.78, 5) is 12.0. The SMILES string of the molecule is C=C/C=C\C(=C/C=C)C(=O)Oc1ccc(NC(=N)N)cc1. The summed E-state index contributed by atoms with van der Waals surface area (Å²) in [7, 11) is 0. The van der Waals surface area contributed by atoms with E-state index >= 15 is 0 Å². The van der Waals surface area contributed by atoms with Crippen molar-refractivity contribution in [2.75, 3.05) is 5.32 Å². The summed E-state index contributed by atoms with van der Waals surface area (Å²) in [5, 5.41) is 9.74. The van der Waals surface area contributed by atoms with Crippen LogP contribution >= 0.6 is 0 Å². The van der Waals surface area contributed by atoms with E-state index in [0.29, 0.717) is 17.0 Å². The standard InChI is InChI=1S/C16H17N3O2/c1-3-5-7-12(6-4-2)15(20)21-14-10-8-13(9-11-14)19-16(17)18/h3-11H,1-2H2,(H4,17,18,19)/b7-5-,12-6+. The molecular weight excluding hydrogens is 266 g/mol. The molecule has 1 aromatic rings.